The molecule has 1 atom stereocenters. The van der Waals surface area contributed by atoms with Crippen LogP contribution in [0.25, 0.3) is 0 Å². The van der Waals surface area contributed by atoms with Crippen molar-refractivity contribution < 1.29 is 4.79 Å². The SMILES string of the molecule is O=C(Nc1cccc(Cl)c1)C1CCCCN1. The van der Waals surface area contributed by atoms with Crippen molar-refractivity contribution in [2.24, 2.45) is 0 Å². The maximum absolute atomic E-state index is 11.9. The fraction of sp³-hybridized carbons (Fsp3) is 0.417. The highest BCUT2D eigenvalue weighted by molar-refractivity contribution is 6.30. The molecule has 0 saturated carbocycles. The van der Waals surface area contributed by atoms with Crippen LogP contribution in [0.15, 0.2) is 24.3 Å². The Balaban J connectivity index is 1.96. The number of anilines is 1. The topological polar surface area (TPSA) is 41.1 Å². The number of halogens is 1. The molecule has 0 radical (unpaired) electrons. The van der Waals surface area contributed by atoms with Gasteiger partial charge in [0.1, 0.15) is 0 Å². The fourth-order valence-electron chi connectivity index (χ4n) is 1.87. The zero-order chi connectivity index (χ0) is 11.4. The maximum atomic E-state index is 11.9. The van der Waals surface area contributed by atoms with Crippen LogP contribution in [0.4, 0.5) is 5.69 Å². The molecule has 16 heavy (non-hydrogen) atoms. The largest absolute Gasteiger partial charge is 0.325 e. The number of carbonyl (C=O) groups excluding carboxylic acids is 1. The van der Waals surface area contributed by atoms with Crippen LogP contribution >= 0.6 is 11.6 Å². The van der Waals surface area contributed by atoms with Gasteiger partial charge >= 0.3 is 0 Å². The van der Waals surface area contributed by atoms with Crippen LogP contribution in [-0.4, -0.2) is 18.5 Å². The molecule has 86 valence electrons. The Morgan fingerprint density at radius 2 is 2.31 bits per heavy atom. The van der Waals surface area contributed by atoms with Gasteiger partial charge in [-0.2, -0.15) is 0 Å². The first kappa shape index (κ1) is 11.4. The highest BCUT2D eigenvalue weighted by Gasteiger charge is 2.20. The number of hydrogen-bond donors (Lipinski definition) is 2. The summed E-state index contributed by atoms with van der Waals surface area (Å²) in [6.07, 6.45) is 3.17. The highest BCUT2D eigenvalue weighted by atomic mass is 35.5. The first-order valence-electron chi connectivity index (χ1n) is 5.55. The van der Waals surface area contributed by atoms with Gasteiger partial charge in [0, 0.05) is 10.7 Å². The maximum Gasteiger partial charge on any atom is 0.241 e. The van der Waals surface area contributed by atoms with Crippen molar-refractivity contribution in [3.63, 3.8) is 0 Å². The second-order valence-electron chi connectivity index (χ2n) is 4.00. The third kappa shape index (κ3) is 2.97. The van der Waals surface area contributed by atoms with Crippen molar-refractivity contribution >= 4 is 23.2 Å². The van der Waals surface area contributed by atoms with Gasteiger partial charge < -0.3 is 10.6 Å². The second kappa shape index (κ2) is 5.32. The van der Waals surface area contributed by atoms with E-state index in [9.17, 15) is 4.79 Å². The molecule has 1 fully saturated rings. The number of piperidine rings is 1. The molecule has 3 nitrogen and oxygen atoms in total. The Bertz CT molecular complexity index is 375. The molecule has 0 bridgehead atoms. The second-order valence-corrected chi connectivity index (χ2v) is 4.44. The summed E-state index contributed by atoms with van der Waals surface area (Å²) in [6, 6.07) is 7.14. The molecule has 0 spiro atoms. The van der Waals surface area contributed by atoms with Gasteiger partial charge in [0.15, 0.2) is 0 Å². The minimum Gasteiger partial charge on any atom is -0.325 e. The Labute approximate surface area is 100 Å². The number of nitrogens with one attached hydrogen (secondary N) is 2. The van der Waals surface area contributed by atoms with Crippen molar-refractivity contribution in [3.05, 3.63) is 29.3 Å². The van der Waals surface area contributed by atoms with E-state index in [-0.39, 0.29) is 11.9 Å². The van der Waals surface area contributed by atoms with Gasteiger partial charge in [-0.1, -0.05) is 24.1 Å². The van der Waals surface area contributed by atoms with Crippen LogP contribution in [-0.2, 0) is 4.79 Å². The molecule has 4 heteroatoms. The first-order chi connectivity index (χ1) is 7.75. The molecule has 1 amide bonds. The summed E-state index contributed by atoms with van der Waals surface area (Å²) in [4.78, 5) is 11.9. The Kier molecular flexibility index (Phi) is 3.80. The third-order valence-corrected chi connectivity index (χ3v) is 2.95. The number of rotatable bonds is 2. The van der Waals surface area contributed by atoms with Crippen molar-refractivity contribution in [1.82, 2.24) is 5.32 Å². The monoisotopic (exact) mass is 238 g/mol. The van der Waals surface area contributed by atoms with E-state index < -0.39 is 0 Å². The average molecular weight is 239 g/mol. The lowest BCUT2D eigenvalue weighted by molar-refractivity contribution is -0.118. The summed E-state index contributed by atoms with van der Waals surface area (Å²) >= 11 is 5.85. The minimum atomic E-state index is -0.0623. The third-order valence-electron chi connectivity index (χ3n) is 2.72. The number of hydrogen-bond acceptors (Lipinski definition) is 2. The van der Waals surface area contributed by atoms with E-state index in [2.05, 4.69) is 10.6 Å². The van der Waals surface area contributed by atoms with Crippen LogP contribution in [0.2, 0.25) is 5.02 Å². The molecule has 0 aromatic heterocycles. The molecule has 1 aliphatic rings. The van der Waals surface area contributed by atoms with Gasteiger partial charge in [-0.25, -0.2) is 0 Å². The van der Waals surface area contributed by atoms with Crippen LogP contribution < -0.4 is 10.6 Å². The fourth-order valence-corrected chi connectivity index (χ4v) is 2.06. The molecule has 1 aromatic carbocycles. The van der Waals surface area contributed by atoms with Gasteiger partial charge in [0.05, 0.1) is 6.04 Å². The van der Waals surface area contributed by atoms with E-state index in [1.165, 1.54) is 0 Å². The zero-order valence-corrected chi connectivity index (χ0v) is 9.76. The van der Waals surface area contributed by atoms with Crippen LogP contribution in [0, 0.1) is 0 Å². The number of amides is 1. The van der Waals surface area contributed by atoms with E-state index in [0.717, 1.165) is 31.5 Å². The molecule has 1 aromatic rings. The molecular weight excluding hydrogens is 224 g/mol. The van der Waals surface area contributed by atoms with Gasteiger partial charge in [0.2, 0.25) is 5.91 Å². The van der Waals surface area contributed by atoms with E-state index in [1.54, 1.807) is 12.1 Å². The summed E-state index contributed by atoms with van der Waals surface area (Å²) in [5.74, 6) is 0.0296. The molecule has 1 heterocycles. The molecule has 1 aliphatic heterocycles. The lowest BCUT2D eigenvalue weighted by atomic mass is 10.0. The summed E-state index contributed by atoms with van der Waals surface area (Å²) in [5, 5.41) is 6.71. The highest BCUT2D eigenvalue weighted by Crippen LogP contribution is 2.16. The van der Waals surface area contributed by atoms with Gasteiger partial charge in [0.25, 0.3) is 0 Å². The quantitative estimate of drug-likeness (QED) is 0.831. The predicted molar refractivity (Wildman–Crippen MR) is 65.7 cm³/mol. The first-order valence-corrected chi connectivity index (χ1v) is 5.93. The summed E-state index contributed by atoms with van der Waals surface area (Å²) in [6.45, 7) is 0.924. The Hall–Kier alpha value is -1.06. The van der Waals surface area contributed by atoms with Gasteiger partial charge in [-0.05, 0) is 37.6 Å². The van der Waals surface area contributed by atoms with Gasteiger partial charge in [-0.3, -0.25) is 4.79 Å². The summed E-state index contributed by atoms with van der Waals surface area (Å²) < 4.78 is 0. The standard InChI is InChI=1S/C12H15ClN2O/c13-9-4-3-5-10(8-9)15-12(16)11-6-1-2-7-14-11/h3-5,8,11,14H,1-2,6-7H2,(H,15,16). The van der Waals surface area contributed by atoms with E-state index in [4.69, 9.17) is 11.6 Å². The Morgan fingerprint density at radius 1 is 1.44 bits per heavy atom. The normalized spacial score (nSPS) is 20.4. The zero-order valence-electron chi connectivity index (χ0n) is 9.00. The average Bonchev–Trinajstić information content (AvgIpc) is 2.30. The van der Waals surface area contributed by atoms with Crippen LogP contribution in [0.5, 0.6) is 0 Å². The lowest BCUT2D eigenvalue weighted by Gasteiger charge is -2.22. The smallest absolute Gasteiger partial charge is 0.241 e. The minimum absolute atomic E-state index is 0.0296. The van der Waals surface area contributed by atoms with Gasteiger partial charge in [-0.15, -0.1) is 0 Å². The number of benzene rings is 1. The molecule has 1 saturated heterocycles. The van der Waals surface area contributed by atoms with E-state index in [0.29, 0.717) is 5.02 Å². The Morgan fingerprint density at radius 3 is 3.00 bits per heavy atom. The van der Waals surface area contributed by atoms with Crippen molar-refractivity contribution in [1.29, 1.82) is 0 Å². The molecule has 2 N–H and O–H groups in total. The van der Waals surface area contributed by atoms with Crippen molar-refractivity contribution in [2.75, 3.05) is 11.9 Å². The lowest BCUT2D eigenvalue weighted by Crippen LogP contribution is -2.43. The van der Waals surface area contributed by atoms with E-state index >= 15 is 0 Å². The summed E-state index contributed by atoms with van der Waals surface area (Å²) in [5.41, 5.74) is 0.755. The molecule has 2 rings (SSSR count). The van der Waals surface area contributed by atoms with Crippen LogP contribution in [0.1, 0.15) is 19.3 Å². The number of carbonyl (C=O) groups is 1. The predicted octanol–water partition coefficient (Wildman–Crippen LogP) is 2.42. The van der Waals surface area contributed by atoms with Crippen molar-refractivity contribution in [2.45, 2.75) is 25.3 Å². The van der Waals surface area contributed by atoms with Crippen molar-refractivity contribution in [3.8, 4) is 0 Å². The molecular formula is C12H15ClN2O. The van der Waals surface area contributed by atoms with Crippen LogP contribution in [0.3, 0.4) is 0 Å². The van der Waals surface area contributed by atoms with E-state index in [1.807, 2.05) is 12.1 Å². The molecule has 1 unspecified atom stereocenters. The summed E-state index contributed by atoms with van der Waals surface area (Å²) in [7, 11) is 0. The molecule has 0 aliphatic carbocycles.